The maximum Gasteiger partial charge on any atom is 0.264 e. The Balaban J connectivity index is 2.01. The molecule has 0 spiro atoms. The summed E-state index contributed by atoms with van der Waals surface area (Å²) in [7, 11) is -3.67. The maximum absolute atomic E-state index is 13.4. The molecule has 0 N–H and O–H groups in total. The highest BCUT2D eigenvalue weighted by Gasteiger charge is 2.31. The number of anilines is 2. The second-order valence-electron chi connectivity index (χ2n) is 7.00. The Morgan fingerprint density at radius 2 is 1.89 bits per heavy atom. The van der Waals surface area contributed by atoms with Crippen LogP contribution in [0.15, 0.2) is 53.4 Å². The number of para-hydroxylation sites is 1. The zero-order chi connectivity index (χ0) is 19.6. The summed E-state index contributed by atoms with van der Waals surface area (Å²) in [4.78, 5) is 13.9. The first kappa shape index (κ1) is 19.4. The monoisotopic (exact) mass is 386 g/mol. The predicted octanol–water partition coefficient (Wildman–Crippen LogP) is 3.98. The molecular formula is C21H26N2O3S. The Morgan fingerprint density at radius 3 is 2.52 bits per heavy atom. The lowest BCUT2D eigenvalue weighted by atomic mass is 10.1. The molecule has 0 radical (unpaired) electrons. The standard InChI is InChI=1S/C21H26N2O3S/c1-4-5-13-22(19-9-7-6-8-10-19)27(25,26)20-11-12-21-18(15-20)14-16(2)23(21)17(3)24/h6-12,15-16H,4-5,13-14H2,1-3H3. The van der Waals surface area contributed by atoms with E-state index in [0.717, 1.165) is 24.1 Å². The number of carbonyl (C=O) groups excluding carboxylic acids is 1. The highest BCUT2D eigenvalue weighted by molar-refractivity contribution is 7.92. The highest BCUT2D eigenvalue weighted by atomic mass is 32.2. The second kappa shape index (κ2) is 7.72. The molecule has 5 nitrogen and oxygen atoms in total. The van der Waals surface area contributed by atoms with Gasteiger partial charge in [0.05, 0.1) is 10.6 Å². The van der Waals surface area contributed by atoms with E-state index >= 15 is 0 Å². The quantitative estimate of drug-likeness (QED) is 0.754. The lowest BCUT2D eigenvalue weighted by molar-refractivity contribution is -0.116. The van der Waals surface area contributed by atoms with Gasteiger partial charge in [0.1, 0.15) is 0 Å². The third-order valence-corrected chi connectivity index (χ3v) is 6.78. The molecular weight excluding hydrogens is 360 g/mol. The predicted molar refractivity (Wildman–Crippen MR) is 109 cm³/mol. The molecule has 2 aromatic rings. The molecule has 0 saturated carbocycles. The van der Waals surface area contributed by atoms with Gasteiger partial charge in [-0.25, -0.2) is 8.42 Å². The van der Waals surface area contributed by atoms with Crippen molar-refractivity contribution in [3.63, 3.8) is 0 Å². The molecule has 144 valence electrons. The van der Waals surface area contributed by atoms with Crippen molar-refractivity contribution in [1.82, 2.24) is 0 Å². The molecule has 0 fully saturated rings. The lowest BCUT2D eigenvalue weighted by Gasteiger charge is -2.25. The van der Waals surface area contributed by atoms with Gasteiger partial charge in [0.15, 0.2) is 0 Å². The molecule has 1 aliphatic rings. The first-order valence-electron chi connectivity index (χ1n) is 9.36. The van der Waals surface area contributed by atoms with Crippen LogP contribution in [0.4, 0.5) is 11.4 Å². The van der Waals surface area contributed by atoms with Crippen LogP contribution in [-0.2, 0) is 21.2 Å². The molecule has 2 aromatic carbocycles. The minimum Gasteiger partial charge on any atom is -0.309 e. The van der Waals surface area contributed by atoms with Gasteiger partial charge >= 0.3 is 0 Å². The van der Waals surface area contributed by atoms with E-state index in [9.17, 15) is 13.2 Å². The van der Waals surface area contributed by atoms with Gasteiger partial charge in [-0.2, -0.15) is 0 Å². The Labute approximate surface area is 161 Å². The molecule has 6 heteroatoms. The molecule has 1 amide bonds. The number of hydrogen-bond acceptors (Lipinski definition) is 3. The number of sulfonamides is 1. The number of rotatable bonds is 6. The SMILES string of the molecule is CCCCN(c1ccccc1)S(=O)(=O)c1ccc2c(c1)CC(C)N2C(C)=O. The lowest BCUT2D eigenvalue weighted by Crippen LogP contribution is -2.33. The van der Waals surface area contributed by atoms with E-state index in [2.05, 4.69) is 0 Å². The van der Waals surface area contributed by atoms with E-state index in [1.165, 1.54) is 11.2 Å². The van der Waals surface area contributed by atoms with Crippen LogP contribution in [0.25, 0.3) is 0 Å². The summed E-state index contributed by atoms with van der Waals surface area (Å²) in [6.07, 6.45) is 2.36. The third kappa shape index (κ3) is 3.72. The molecule has 3 rings (SSSR count). The topological polar surface area (TPSA) is 57.7 Å². The molecule has 1 aliphatic heterocycles. The first-order valence-corrected chi connectivity index (χ1v) is 10.8. The van der Waals surface area contributed by atoms with Crippen molar-refractivity contribution in [2.45, 2.75) is 51.0 Å². The third-order valence-electron chi connectivity index (χ3n) is 4.95. The van der Waals surface area contributed by atoms with Gasteiger partial charge in [0.25, 0.3) is 10.0 Å². The first-order chi connectivity index (χ1) is 12.9. The number of amides is 1. The van der Waals surface area contributed by atoms with Crippen LogP contribution in [-0.4, -0.2) is 26.9 Å². The fourth-order valence-electron chi connectivity index (χ4n) is 3.66. The van der Waals surface area contributed by atoms with E-state index < -0.39 is 10.0 Å². The number of fused-ring (bicyclic) bond motifs is 1. The van der Waals surface area contributed by atoms with Gasteiger partial charge in [-0.3, -0.25) is 9.10 Å². The van der Waals surface area contributed by atoms with Gasteiger partial charge in [-0.1, -0.05) is 31.5 Å². The van der Waals surface area contributed by atoms with Crippen LogP contribution < -0.4 is 9.21 Å². The van der Waals surface area contributed by atoms with Crippen LogP contribution in [0, 0.1) is 0 Å². The minimum atomic E-state index is -3.67. The summed E-state index contributed by atoms with van der Waals surface area (Å²) in [5.41, 5.74) is 2.39. The van der Waals surface area contributed by atoms with Gasteiger partial charge in [-0.05, 0) is 55.7 Å². The fourth-order valence-corrected chi connectivity index (χ4v) is 5.21. The van der Waals surface area contributed by atoms with Crippen LogP contribution >= 0.6 is 0 Å². The van der Waals surface area contributed by atoms with Gasteiger partial charge in [0, 0.05) is 25.2 Å². The highest BCUT2D eigenvalue weighted by Crippen LogP contribution is 2.35. The molecule has 1 atom stereocenters. The molecule has 1 unspecified atom stereocenters. The van der Waals surface area contributed by atoms with Crippen molar-refractivity contribution in [3.05, 3.63) is 54.1 Å². The fraction of sp³-hybridized carbons (Fsp3) is 0.381. The summed E-state index contributed by atoms with van der Waals surface area (Å²) in [6, 6.07) is 14.4. The van der Waals surface area contributed by atoms with Crippen molar-refractivity contribution in [1.29, 1.82) is 0 Å². The van der Waals surface area contributed by atoms with Gasteiger partial charge < -0.3 is 4.90 Å². The zero-order valence-electron chi connectivity index (χ0n) is 16.1. The summed E-state index contributed by atoms with van der Waals surface area (Å²) in [5, 5.41) is 0. The molecule has 0 bridgehead atoms. The van der Waals surface area contributed by atoms with Crippen LogP contribution in [0.1, 0.15) is 39.2 Å². The smallest absolute Gasteiger partial charge is 0.264 e. The number of nitrogens with zero attached hydrogens (tertiary/aromatic N) is 2. The van der Waals surface area contributed by atoms with Crippen molar-refractivity contribution in [2.24, 2.45) is 0 Å². The van der Waals surface area contributed by atoms with E-state index in [4.69, 9.17) is 0 Å². The van der Waals surface area contributed by atoms with E-state index in [0.29, 0.717) is 18.7 Å². The van der Waals surface area contributed by atoms with Crippen LogP contribution in [0.5, 0.6) is 0 Å². The zero-order valence-corrected chi connectivity index (χ0v) is 16.9. The Morgan fingerprint density at radius 1 is 1.19 bits per heavy atom. The van der Waals surface area contributed by atoms with E-state index in [-0.39, 0.29) is 16.8 Å². The Hall–Kier alpha value is -2.34. The molecule has 0 aromatic heterocycles. The largest absolute Gasteiger partial charge is 0.309 e. The van der Waals surface area contributed by atoms with Crippen LogP contribution in [0.3, 0.4) is 0 Å². The average Bonchev–Trinajstić information content (AvgIpc) is 2.97. The maximum atomic E-state index is 13.4. The normalized spacial score (nSPS) is 16.3. The summed E-state index contributed by atoms with van der Waals surface area (Å²) in [6.45, 7) is 6.00. The molecule has 0 saturated heterocycles. The van der Waals surface area contributed by atoms with Crippen LogP contribution in [0.2, 0.25) is 0 Å². The average molecular weight is 387 g/mol. The second-order valence-corrected chi connectivity index (χ2v) is 8.86. The van der Waals surface area contributed by atoms with Crippen molar-refractivity contribution in [2.75, 3.05) is 15.7 Å². The summed E-state index contributed by atoms with van der Waals surface area (Å²) in [5.74, 6) is -0.0225. The molecule has 27 heavy (non-hydrogen) atoms. The number of hydrogen-bond donors (Lipinski definition) is 0. The minimum absolute atomic E-state index is 0.0225. The van der Waals surface area contributed by atoms with Crippen molar-refractivity contribution < 1.29 is 13.2 Å². The molecule has 1 heterocycles. The Bertz CT molecular complexity index is 926. The van der Waals surface area contributed by atoms with Gasteiger partial charge in [0.2, 0.25) is 5.91 Å². The Kier molecular flexibility index (Phi) is 5.56. The summed E-state index contributed by atoms with van der Waals surface area (Å²) >= 11 is 0. The molecule has 0 aliphatic carbocycles. The number of unbranched alkanes of at least 4 members (excludes halogenated alkanes) is 1. The van der Waals surface area contributed by atoms with Crippen molar-refractivity contribution >= 4 is 27.3 Å². The number of carbonyl (C=O) groups is 1. The van der Waals surface area contributed by atoms with E-state index in [1.807, 2.05) is 44.2 Å². The number of benzene rings is 2. The van der Waals surface area contributed by atoms with Gasteiger partial charge in [-0.15, -0.1) is 0 Å². The van der Waals surface area contributed by atoms with Crippen molar-refractivity contribution in [3.8, 4) is 0 Å². The summed E-state index contributed by atoms with van der Waals surface area (Å²) < 4.78 is 28.2. The van der Waals surface area contributed by atoms with E-state index in [1.54, 1.807) is 23.1 Å².